The molecule has 2 aromatic carbocycles. The molecule has 1 atom stereocenters. The number of amides is 2. The zero-order chi connectivity index (χ0) is 32.0. The summed E-state index contributed by atoms with van der Waals surface area (Å²) in [7, 11) is 0. The van der Waals surface area contributed by atoms with Gasteiger partial charge < -0.3 is 24.6 Å². The summed E-state index contributed by atoms with van der Waals surface area (Å²) in [5.74, 6) is 0.250. The second-order valence-electron chi connectivity index (χ2n) is 12.9. The van der Waals surface area contributed by atoms with Gasteiger partial charge in [0.05, 0.1) is 19.1 Å². The monoisotopic (exact) mass is 639 g/mol. The molecule has 10 nitrogen and oxygen atoms in total. The number of aromatic nitrogens is 2. The third kappa shape index (κ3) is 5.92. The molecule has 238 valence electrons. The van der Waals surface area contributed by atoms with Gasteiger partial charge in [0.1, 0.15) is 17.1 Å². The number of nitrogens with one attached hydrogen (secondary N) is 1. The molecule has 5 heterocycles. The van der Waals surface area contributed by atoms with Crippen molar-refractivity contribution in [1.29, 1.82) is 0 Å². The van der Waals surface area contributed by atoms with E-state index >= 15 is 0 Å². The van der Waals surface area contributed by atoms with E-state index < -0.39 is 5.60 Å². The minimum Gasteiger partial charge on any atom is -0.444 e. The van der Waals surface area contributed by atoms with Crippen LogP contribution in [0.2, 0.25) is 0 Å². The molecule has 0 saturated carbocycles. The number of hydrogen-bond donors (Lipinski definition) is 1. The highest BCUT2D eigenvalue weighted by molar-refractivity contribution is 7.26. The van der Waals surface area contributed by atoms with E-state index in [9.17, 15) is 14.4 Å². The zero-order valence-electron chi connectivity index (χ0n) is 26.2. The molecule has 2 amide bonds. The van der Waals surface area contributed by atoms with E-state index in [0.717, 1.165) is 37.7 Å². The van der Waals surface area contributed by atoms with Gasteiger partial charge in [0.15, 0.2) is 0 Å². The Hall–Kier alpha value is -4.48. The van der Waals surface area contributed by atoms with Gasteiger partial charge in [-0.2, -0.15) is 0 Å². The number of ether oxygens (including phenoxy) is 2. The number of thiophene rings is 1. The molecular weight excluding hydrogens is 602 g/mol. The van der Waals surface area contributed by atoms with Crippen LogP contribution in [0.1, 0.15) is 33.6 Å². The molecule has 2 saturated heterocycles. The van der Waals surface area contributed by atoms with Crippen LogP contribution in [0, 0.1) is 5.92 Å². The molecule has 2 fully saturated rings. The van der Waals surface area contributed by atoms with Gasteiger partial charge in [-0.3, -0.25) is 14.0 Å². The third-order valence-corrected chi connectivity index (χ3v) is 9.73. The summed E-state index contributed by atoms with van der Waals surface area (Å²) >= 11 is 1.68. The Balaban J connectivity index is 1.19. The number of hydrogen-bond acceptors (Lipinski definition) is 8. The Bertz CT molecular complexity index is 2020. The topological polar surface area (TPSA) is 105 Å². The summed E-state index contributed by atoms with van der Waals surface area (Å²) in [6.45, 7) is 9.05. The van der Waals surface area contributed by atoms with Crippen LogP contribution >= 0.6 is 11.3 Å². The van der Waals surface area contributed by atoms with Crippen molar-refractivity contribution in [2.45, 2.75) is 39.2 Å². The molecule has 5 aromatic rings. The number of anilines is 2. The summed E-state index contributed by atoms with van der Waals surface area (Å²) < 4.78 is 14.8. The molecule has 11 heteroatoms. The van der Waals surface area contributed by atoms with Crippen molar-refractivity contribution in [2.75, 3.05) is 49.6 Å². The third-order valence-electron chi connectivity index (χ3n) is 8.51. The molecule has 46 heavy (non-hydrogen) atoms. The predicted octanol–water partition coefficient (Wildman–Crippen LogP) is 6.15. The van der Waals surface area contributed by atoms with Crippen LogP contribution in [0.25, 0.3) is 36.9 Å². The van der Waals surface area contributed by atoms with Crippen LogP contribution in [0.15, 0.2) is 65.6 Å². The van der Waals surface area contributed by atoms with E-state index in [-0.39, 0.29) is 23.5 Å². The summed E-state index contributed by atoms with van der Waals surface area (Å²) in [6.07, 6.45) is 2.84. The van der Waals surface area contributed by atoms with Crippen LogP contribution in [-0.4, -0.2) is 71.3 Å². The van der Waals surface area contributed by atoms with Gasteiger partial charge in [-0.05, 0) is 63.9 Å². The molecule has 0 unspecified atom stereocenters. The largest absolute Gasteiger partial charge is 0.444 e. The lowest BCUT2D eigenvalue weighted by Crippen LogP contribution is -2.45. The number of morpholine rings is 1. The number of benzene rings is 2. The van der Waals surface area contributed by atoms with E-state index in [0.29, 0.717) is 63.0 Å². The quantitative estimate of drug-likeness (QED) is 0.251. The van der Waals surface area contributed by atoms with Gasteiger partial charge in [-0.25, -0.2) is 9.78 Å². The normalized spacial score (nSPS) is 17.5. The van der Waals surface area contributed by atoms with Gasteiger partial charge in [0, 0.05) is 75.4 Å². The van der Waals surface area contributed by atoms with E-state index in [1.807, 2.05) is 57.2 Å². The van der Waals surface area contributed by atoms with Crippen molar-refractivity contribution < 1.29 is 19.1 Å². The fraction of sp³-hybridized carbons (Fsp3) is 0.371. The molecule has 2 aliphatic heterocycles. The maximum Gasteiger partial charge on any atom is 0.410 e. The lowest BCUT2D eigenvalue weighted by Gasteiger charge is -2.33. The van der Waals surface area contributed by atoms with Crippen LogP contribution in [-0.2, 0) is 14.3 Å². The van der Waals surface area contributed by atoms with Gasteiger partial charge in [0.2, 0.25) is 5.91 Å². The first-order chi connectivity index (χ1) is 22.1. The van der Waals surface area contributed by atoms with Crippen molar-refractivity contribution in [1.82, 2.24) is 14.3 Å². The minimum absolute atomic E-state index is 0.101. The maximum atomic E-state index is 13.4. The van der Waals surface area contributed by atoms with Crippen molar-refractivity contribution in [2.24, 2.45) is 5.92 Å². The standard InChI is InChI=1S/C35H37N5O5S/c1-35(2,3)45-34(43)39-13-5-7-22(21-39)33(42)36-23-11-12-28-27(19-23)25-9-4-8-24(31(25)46-28)26-10-6-14-40-30(41)20-29(37-32(26)40)38-15-17-44-18-16-38/h4,6,8-12,14,19-20,22H,5,7,13,15-18,21H2,1-3H3,(H,36,42)/t22-/m1/s1. The van der Waals surface area contributed by atoms with E-state index in [1.165, 1.54) is 0 Å². The van der Waals surface area contributed by atoms with Gasteiger partial charge in [-0.15, -0.1) is 11.3 Å². The van der Waals surface area contributed by atoms with Gasteiger partial charge in [0.25, 0.3) is 5.56 Å². The average Bonchev–Trinajstić information content (AvgIpc) is 3.42. The van der Waals surface area contributed by atoms with Crippen LogP contribution < -0.4 is 15.8 Å². The second kappa shape index (κ2) is 12.0. The van der Waals surface area contributed by atoms with Gasteiger partial charge >= 0.3 is 6.09 Å². The molecule has 0 bridgehead atoms. The number of fused-ring (bicyclic) bond motifs is 4. The fourth-order valence-electron chi connectivity index (χ4n) is 6.29. The highest BCUT2D eigenvalue weighted by Crippen LogP contribution is 2.41. The number of rotatable bonds is 4. The van der Waals surface area contributed by atoms with E-state index in [1.54, 1.807) is 32.9 Å². The molecule has 2 aliphatic rings. The summed E-state index contributed by atoms with van der Waals surface area (Å²) in [6, 6.07) is 17.7. The summed E-state index contributed by atoms with van der Waals surface area (Å²) in [5.41, 5.74) is 2.50. The highest BCUT2D eigenvalue weighted by atomic mass is 32.1. The van der Waals surface area contributed by atoms with Gasteiger partial charge in [-0.1, -0.05) is 18.2 Å². The molecular formula is C35H37N5O5S. The maximum absolute atomic E-state index is 13.4. The molecule has 1 N–H and O–H groups in total. The minimum atomic E-state index is -0.585. The molecule has 0 aliphatic carbocycles. The number of piperidine rings is 1. The Morgan fingerprint density at radius 2 is 1.80 bits per heavy atom. The van der Waals surface area contributed by atoms with Crippen LogP contribution in [0.4, 0.5) is 16.3 Å². The Labute approximate surface area is 270 Å². The van der Waals surface area contributed by atoms with Crippen LogP contribution in [0.5, 0.6) is 0 Å². The van der Waals surface area contributed by atoms with Crippen molar-refractivity contribution in [3.63, 3.8) is 0 Å². The number of nitrogens with zero attached hydrogens (tertiary/aromatic N) is 4. The predicted molar refractivity (Wildman–Crippen MR) is 182 cm³/mol. The number of pyridine rings is 1. The first-order valence-corrected chi connectivity index (χ1v) is 16.6. The molecule has 7 rings (SSSR count). The second-order valence-corrected chi connectivity index (χ2v) is 14.0. The number of likely N-dealkylation sites (tertiary alicyclic amines) is 1. The Morgan fingerprint density at radius 1 is 1.00 bits per heavy atom. The average molecular weight is 640 g/mol. The lowest BCUT2D eigenvalue weighted by molar-refractivity contribution is -0.121. The first kappa shape index (κ1) is 30.2. The zero-order valence-corrected chi connectivity index (χ0v) is 27.1. The number of carbonyl (C=O) groups excluding carboxylic acids is 2. The fourth-order valence-corrected chi connectivity index (χ4v) is 7.50. The molecule has 0 spiro atoms. The summed E-state index contributed by atoms with van der Waals surface area (Å²) in [5, 5.41) is 5.21. The van der Waals surface area contributed by atoms with Crippen LogP contribution in [0.3, 0.4) is 0 Å². The van der Waals surface area contributed by atoms with Crippen molar-refractivity contribution in [3.05, 3.63) is 71.1 Å². The van der Waals surface area contributed by atoms with E-state index in [2.05, 4.69) is 22.3 Å². The van der Waals surface area contributed by atoms with E-state index in [4.69, 9.17) is 14.5 Å². The Morgan fingerprint density at radius 3 is 2.61 bits per heavy atom. The molecule has 3 aromatic heterocycles. The lowest BCUT2D eigenvalue weighted by atomic mass is 9.97. The van der Waals surface area contributed by atoms with Crippen molar-refractivity contribution in [3.8, 4) is 11.1 Å². The highest BCUT2D eigenvalue weighted by Gasteiger charge is 2.31. The SMILES string of the molecule is CC(C)(C)OC(=O)N1CCC[C@@H](C(=O)Nc2ccc3sc4c(-c5cccn6c(=O)cc(N7CCOCC7)nc56)cccc4c3c2)C1. The molecule has 0 radical (unpaired) electrons. The van der Waals surface area contributed by atoms with Crippen molar-refractivity contribution >= 4 is 60.7 Å². The first-order valence-electron chi connectivity index (χ1n) is 15.7. The Kier molecular flexibility index (Phi) is 7.90. The number of carbonyl (C=O) groups is 2. The summed E-state index contributed by atoms with van der Waals surface area (Å²) in [4.78, 5) is 47.9. The smallest absolute Gasteiger partial charge is 0.410 e.